The van der Waals surface area contributed by atoms with E-state index in [-0.39, 0.29) is 11.0 Å². The van der Waals surface area contributed by atoms with Crippen molar-refractivity contribution in [1.29, 1.82) is 0 Å². The molecule has 0 saturated heterocycles. The van der Waals surface area contributed by atoms with Crippen molar-refractivity contribution in [1.82, 2.24) is 9.97 Å². The van der Waals surface area contributed by atoms with Gasteiger partial charge in [0.2, 0.25) is 0 Å². The minimum Gasteiger partial charge on any atom is -0.388 e. The zero-order valence-corrected chi connectivity index (χ0v) is 10.8. The maximum absolute atomic E-state index is 5.65. The summed E-state index contributed by atoms with van der Waals surface area (Å²) in [5.74, 6) is 0. The molecule has 0 amide bonds. The van der Waals surface area contributed by atoms with Crippen LogP contribution in [-0.4, -0.2) is 15.0 Å². The Kier molecular flexibility index (Phi) is 3.84. The van der Waals surface area contributed by atoms with Gasteiger partial charge in [0, 0.05) is 18.6 Å². The number of nitrogens with zero attached hydrogens (tertiary/aromatic N) is 2. The second-order valence-corrected chi connectivity index (χ2v) is 4.36. The van der Waals surface area contributed by atoms with Crippen molar-refractivity contribution in [2.24, 2.45) is 5.73 Å². The number of nitrogens with one attached hydrogen (secondary N) is 1. The number of anilines is 1. The number of thiocarbonyl (C=S) groups is 1. The SMILES string of the molecule is CC(Nc1cccnc1C(N)=S)c1cccnc1. The van der Waals surface area contributed by atoms with Crippen LogP contribution < -0.4 is 11.1 Å². The Morgan fingerprint density at radius 3 is 2.78 bits per heavy atom. The molecule has 18 heavy (non-hydrogen) atoms. The molecule has 0 aliphatic rings. The van der Waals surface area contributed by atoms with Gasteiger partial charge in [0.25, 0.3) is 0 Å². The topological polar surface area (TPSA) is 63.8 Å². The summed E-state index contributed by atoms with van der Waals surface area (Å²) in [7, 11) is 0. The molecule has 92 valence electrons. The van der Waals surface area contributed by atoms with Gasteiger partial charge < -0.3 is 11.1 Å². The van der Waals surface area contributed by atoms with Crippen molar-refractivity contribution in [2.45, 2.75) is 13.0 Å². The van der Waals surface area contributed by atoms with Gasteiger partial charge in [-0.15, -0.1) is 0 Å². The largest absolute Gasteiger partial charge is 0.388 e. The Bertz CT molecular complexity index is 542. The Labute approximate surface area is 111 Å². The fraction of sp³-hybridized carbons (Fsp3) is 0.154. The van der Waals surface area contributed by atoms with E-state index >= 15 is 0 Å². The number of hydrogen-bond acceptors (Lipinski definition) is 4. The van der Waals surface area contributed by atoms with Crippen LogP contribution in [0.2, 0.25) is 0 Å². The van der Waals surface area contributed by atoms with Crippen molar-refractivity contribution in [3.05, 3.63) is 54.1 Å². The first-order valence-corrected chi connectivity index (χ1v) is 6.00. The monoisotopic (exact) mass is 258 g/mol. The van der Waals surface area contributed by atoms with E-state index in [0.717, 1.165) is 11.3 Å². The van der Waals surface area contributed by atoms with Gasteiger partial charge in [0.15, 0.2) is 0 Å². The van der Waals surface area contributed by atoms with Crippen LogP contribution in [0.3, 0.4) is 0 Å². The van der Waals surface area contributed by atoms with E-state index in [2.05, 4.69) is 15.3 Å². The molecule has 4 nitrogen and oxygen atoms in total. The fourth-order valence-corrected chi connectivity index (χ4v) is 1.83. The van der Waals surface area contributed by atoms with E-state index < -0.39 is 0 Å². The first kappa shape index (κ1) is 12.4. The summed E-state index contributed by atoms with van der Waals surface area (Å²) in [6.07, 6.45) is 5.25. The van der Waals surface area contributed by atoms with E-state index in [1.165, 1.54) is 0 Å². The summed E-state index contributed by atoms with van der Waals surface area (Å²) in [6.45, 7) is 2.05. The van der Waals surface area contributed by atoms with Gasteiger partial charge >= 0.3 is 0 Å². The van der Waals surface area contributed by atoms with Gasteiger partial charge in [0.1, 0.15) is 10.7 Å². The molecule has 1 atom stereocenters. The molecule has 0 radical (unpaired) electrons. The molecule has 2 rings (SSSR count). The summed E-state index contributed by atoms with van der Waals surface area (Å²) in [5, 5.41) is 3.34. The van der Waals surface area contributed by atoms with Gasteiger partial charge in [0.05, 0.1) is 11.7 Å². The highest BCUT2D eigenvalue weighted by Gasteiger charge is 2.10. The summed E-state index contributed by atoms with van der Waals surface area (Å²) >= 11 is 4.98. The standard InChI is InChI=1S/C13H14N4S/c1-9(10-4-2-6-15-8-10)17-11-5-3-7-16-12(11)13(14)18/h2-9,17H,1H3,(H2,14,18). The molecular formula is C13H14N4S. The van der Waals surface area contributed by atoms with Crippen LogP contribution in [-0.2, 0) is 0 Å². The summed E-state index contributed by atoms with van der Waals surface area (Å²) in [5.41, 5.74) is 8.19. The molecule has 1 unspecified atom stereocenters. The van der Waals surface area contributed by atoms with Gasteiger partial charge in [-0.1, -0.05) is 18.3 Å². The summed E-state index contributed by atoms with van der Waals surface area (Å²) < 4.78 is 0. The third-order valence-corrected chi connectivity index (χ3v) is 2.79. The molecule has 0 aliphatic carbocycles. The Balaban J connectivity index is 2.22. The van der Waals surface area contributed by atoms with Crippen molar-refractivity contribution >= 4 is 22.9 Å². The second-order valence-electron chi connectivity index (χ2n) is 3.92. The number of aromatic nitrogens is 2. The molecule has 0 aliphatic heterocycles. The first-order chi connectivity index (χ1) is 8.68. The van der Waals surface area contributed by atoms with Crippen LogP contribution >= 0.6 is 12.2 Å². The molecule has 0 saturated carbocycles. The lowest BCUT2D eigenvalue weighted by Crippen LogP contribution is -2.16. The van der Waals surface area contributed by atoms with Gasteiger partial charge in [-0.2, -0.15) is 0 Å². The second kappa shape index (κ2) is 5.55. The van der Waals surface area contributed by atoms with E-state index in [9.17, 15) is 0 Å². The van der Waals surface area contributed by atoms with E-state index in [4.69, 9.17) is 18.0 Å². The summed E-state index contributed by atoms with van der Waals surface area (Å²) in [6, 6.07) is 7.79. The maximum Gasteiger partial charge on any atom is 0.124 e. The molecule has 3 N–H and O–H groups in total. The molecule has 5 heteroatoms. The molecule has 2 heterocycles. The highest BCUT2D eigenvalue weighted by Crippen LogP contribution is 2.20. The van der Waals surface area contributed by atoms with Crippen molar-refractivity contribution < 1.29 is 0 Å². The van der Waals surface area contributed by atoms with Crippen LogP contribution in [0.15, 0.2) is 42.9 Å². The van der Waals surface area contributed by atoms with Gasteiger partial charge in [-0.3, -0.25) is 9.97 Å². The third-order valence-electron chi connectivity index (χ3n) is 2.60. The van der Waals surface area contributed by atoms with E-state index in [1.807, 2.05) is 37.4 Å². The number of pyridine rings is 2. The zero-order valence-electron chi connectivity index (χ0n) is 10.00. The fourth-order valence-electron chi connectivity index (χ4n) is 1.67. The molecule has 2 aromatic rings. The Hall–Kier alpha value is -2.01. The van der Waals surface area contributed by atoms with Crippen molar-refractivity contribution in [3.63, 3.8) is 0 Å². The average Bonchev–Trinajstić information content (AvgIpc) is 2.40. The predicted molar refractivity (Wildman–Crippen MR) is 76.4 cm³/mol. The lowest BCUT2D eigenvalue weighted by molar-refractivity contribution is 0.873. The smallest absolute Gasteiger partial charge is 0.124 e. The average molecular weight is 258 g/mol. The van der Waals surface area contributed by atoms with Crippen molar-refractivity contribution in [2.75, 3.05) is 5.32 Å². The molecule has 0 aromatic carbocycles. The van der Waals surface area contributed by atoms with Crippen LogP contribution in [0, 0.1) is 0 Å². The quantitative estimate of drug-likeness (QED) is 0.824. The normalized spacial score (nSPS) is 11.8. The van der Waals surface area contributed by atoms with Crippen LogP contribution in [0.5, 0.6) is 0 Å². The minimum absolute atomic E-state index is 0.107. The zero-order chi connectivity index (χ0) is 13.0. The third kappa shape index (κ3) is 2.81. The maximum atomic E-state index is 5.65. The lowest BCUT2D eigenvalue weighted by Gasteiger charge is -2.17. The highest BCUT2D eigenvalue weighted by molar-refractivity contribution is 7.80. The molecule has 0 spiro atoms. The molecule has 0 fully saturated rings. The number of rotatable bonds is 4. The first-order valence-electron chi connectivity index (χ1n) is 5.60. The lowest BCUT2D eigenvalue weighted by atomic mass is 10.1. The summed E-state index contributed by atoms with van der Waals surface area (Å²) in [4.78, 5) is 8.57. The van der Waals surface area contributed by atoms with E-state index in [1.54, 1.807) is 12.4 Å². The van der Waals surface area contributed by atoms with Gasteiger partial charge in [-0.05, 0) is 30.7 Å². The molecule has 0 bridgehead atoms. The van der Waals surface area contributed by atoms with Crippen LogP contribution in [0.4, 0.5) is 5.69 Å². The van der Waals surface area contributed by atoms with Crippen LogP contribution in [0.1, 0.15) is 24.2 Å². The number of nitrogens with two attached hydrogens (primary N) is 1. The molecule has 2 aromatic heterocycles. The minimum atomic E-state index is 0.107. The Morgan fingerprint density at radius 2 is 2.11 bits per heavy atom. The van der Waals surface area contributed by atoms with E-state index in [0.29, 0.717) is 5.69 Å². The van der Waals surface area contributed by atoms with Crippen LogP contribution in [0.25, 0.3) is 0 Å². The Morgan fingerprint density at radius 1 is 1.33 bits per heavy atom. The number of hydrogen-bond donors (Lipinski definition) is 2. The van der Waals surface area contributed by atoms with Crippen molar-refractivity contribution in [3.8, 4) is 0 Å². The molecular weight excluding hydrogens is 244 g/mol. The highest BCUT2D eigenvalue weighted by atomic mass is 32.1. The predicted octanol–water partition coefficient (Wildman–Crippen LogP) is 2.28. The van der Waals surface area contributed by atoms with Gasteiger partial charge in [-0.25, -0.2) is 0 Å².